The SMILES string of the molecule is C=O.C=O.CN.Cc1ccc(NC(=O)c2cc(NC3CCCCC3)ncn2)c(C)c1. The number of rotatable bonds is 4. The summed E-state index contributed by atoms with van der Waals surface area (Å²) in [6.45, 7) is 8.02. The molecular weight excluding hydrogens is 382 g/mol. The Labute approximate surface area is 178 Å². The van der Waals surface area contributed by atoms with Crippen molar-refractivity contribution in [3.63, 3.8) is 0 Å². The molecule has 2 aromatic rings. The van der Waals surface area contributed by atoms with E-state index >= 15 is 0 Å². The van der Waals surface area contributed by atoms with Gasteiger partial charge in [0.05, 0.1) is 0 Å². The fourth-order valence-electron chi connectivity index (χ4n) is 3.16. The van der Waals surface area contributed by atoms with E-state index in [9.17, 15) is 4.79 Å². The summed E-state index contributed by atoms with van der Waals surface area (Å²) < 4.78 is 0. The van der Waals surface area contributed by atoms with Crippen LogP contribution in [0.1, 0.15) is 53.7 Å². The normalized spacial score (nSPS) is 12.5. The van der Waals surface area contributed by atoms with Crippen LogP contribution in [0.4, 0.5) is 11.5 Å². The highest BCUT2D eigenvalue weighted by Crippen LogP contribution is 2.21. The van der Waals surface area contributed by atoms with Crippen LogP contribution in [0, 0.1) is 13.8 Å². The van der Waals surface area contributed by atoms with Crippen LogP contribution in [0.15, 0.2) is 30.6 Å². The van der Waals surface area contributed by atoms with Gasteiger partial charge >= 0.3 is 0 Å². The lowest BCUT2D eigenvalue weighted by molar-refractivity contribution is -0.0987. The monoisotopic (exact) mass is 415 g/mol. The van der Waals surface area contributed by atoms with Crippen molar-refractivity contribution in [1.29, 1.82) is 0 Å². The van der Waals surface area contributed by atoms with E-state index in [4.69, 9.17) is 9.59 Å². The smallest absolute Gasteiger partial charge is 0.274 e. The van der Waals surface area contributed by atoms with Gasteiger partial charge in [-0.25, -0.2) is 9.97 Å². The Bertz CT molecular complexity index is 762. The Balaban J connectivity index is 0.00000129. The third-order valence-electron chi connectivity index (χ3n) is 4.49. The summed E-state index contributed by atoms with van der Waals surface area (Å²) in [4.78, 5) is 36.8. The summed E-state index contributed by atoms with van der Waals surface area (Å²) in [7, 11) is 1.50. The Morgan fingerprint density at radius 3 is 2.23 bits per heavy atom. The topological polar surface area (TPSA) is 127 Å². The summed E-state index contributed by atoms with van der Waals surface area (Å²) in [6.07, 6.45) is 7.58. The molecule has 0 saturated heterocycles. The van der Waals surface area contributed by atoms with E-state index < -0.39 is 0 Å². The van der Waals surface area contributed by atoms with Crippen LogP contribution in [0.3, 0.4) is 0 Å². The van der Waals surface area contributed by atoms with Gasteiger partial charge in [0.25, 0.3) is 5.91 Å². The predicted molar refractivity (Wildman–Crippen MR) is 121 cm³/mol. The third kappa shape index (κ3) is 8.91. The van der Waals surface area contributed by atoms with Gasteiger partial charge in [0, 0.05) is 17.8 Å². The predicted octanol–water partition coefficient (Wildman–Crippen LogP) is 3.30. The molecule has 4 N–H and O–H groups in total. The van der Waals surface area contributed by atoms with Crippen molar-refractivity contribution in [2.75, 3.05) is 17.7 Å². The molecule has 164 valence electrons. The minimum atomic E-state index is -0.212. The van der Waals surface area contributed by atoms with Crippen molar-refractivity contribution in [3.05, 3.63) is 47.4 Å². The highest BCUT2D eigenvalue weighted by molar-refractivity contribution is 6.03. The zero-order chi connectivity index (χ0) is 22.9. The molecule has 1 amide bonds. The molecule has 1 heterocycles. The Kier molecular flexibility index (Phi) is 14.1. The van der Waals surface area contributed by atoms with Crippen LogP contribution in [-0.4, -0.2) is 42.5 Å². The molecule has 1 saturated carbocycles. The minimum absolute atomic E-state index is 0.212. The van der Waals surface area contributed by atoms with Crippen molar-refractivity contribution in [2.45, 2.75) is 52.0 Å². The van der Waals surface area contributed by atoms with E-state index in [1.54, 1.807) is 6.07 Å². The first-order valence-corrected chi connectivity index (χ1v) is 9.74. The van der Waals surface area contributed by atoms with Crippen LogP contribution >= 0.6 is 0 Å². The first-order valence-electron chi connectivity index (χ1n) is 9.74. The number of hydrogen-bond acceptors (Lipinski definition) is 7. The van der Waals surface area contributed by atoms with E-state index in [-0.39, 0.29) is 5.91 Å². The van der Waals surface area contributed by atoms with Gasteiger partial charge in [-0.3, -0.25) is 4.79 Å². The second-order valence-corrected chi connectivity index (χ2v) is 6.54. The number of nitrogens with zero attached hydrogens (tertiary/aromatic N) is 2. The summed E-state index contributed by atoms with van der Waals surface area (Å²) >= 11 is 0. The molecule has 0 aliphatic heterocycles. The van der Waals surface area contributed by atoms with Gasteiger partial charge in [0.15, 0.2) is 0 Å². The first-order chi connectivity index (χ1) is 14.6. The first kappa shape index (κ1) is 26.9. The number of nitrogens with two attached hydrogens (primary N) is 1. The third-order valence-corrected chi connectivity index (χ3v) is 4.49. The van der Waals surface area contributed by atoms with E-state index in [2.05, 4.69) is 26.3 Å². The lowest BCUT2D eigenvalue weighted by Crippen LogP contribution is -2.23. The number of carbonyl (C=O) groups excluding carboxylic acids is 3. The molecular formula is C22H33N5O3. The van der Waals surface area contributed by atoms with Crippen molar-refractivity contribution in [3.8, 4) is 0 Å². The molecule has 3 rings (SSSR count). The van der Waals surface area contributed by atoms with Gasteiger partial charge in [-0.15, -0.1) is 0 Å². The molecule has 8 heteroatoms. The van der Waals surface area contributed by atoms with Crippen LogP contribution < -0.4 is 16.4 Å². The van der Waals surface area contributed by atoms with Crippen molar-refractivity contribution >= 4 is 31.0 Å². The van der Waals surface area contributed by atoms with Gasteiger partial charge < -0.3 is 26.0 Å². The maximum absolute atomic E-state index is 12.5. The summed E-state index contributed by atoms with van der Waals surface area (Å²) in [6, 6.07) is 8.13. The van der Waals surface area contributed by atoms with Gasteiger partial charge in [-0.05, 0) is 45.4 Å². The van der Waals surface area contributed by atoms with Gasteiger partial charge in [-0.2, -0.15) is 0 Å². The molecule has 0 unspecified atom stereocenters. The standard InChI is InChI=1S/C19H24N4O.CH5N.2CH2O/c1-13-8-9-16(14(2)10-13)23-19(24)17-11-18(21-12-20-17)22-15-6-4-3-5-7-15;3*1-2/h8-12,15H,3-7H2,1-2H3,(H,23,24)(H,20,21,22);2H2,1H3;2*1H2. The van der Waals surface area contributed by atoms with Gasteiger partial charge in [0.1, 0.15) is 31.4 Å². The number of benzene rings is 1. The van der Waals surface area contributed by atoms with Crippen LogP contribution in [-0.2, 0) is 9.59 Å². The molecule has 1 aliphatic rings. The maximum Gasteiger partial charge on any atom is 0.274 e. The quantitative estimate of drug-likeness (QED) is 0.699. The molecule has 30 heavy (non-hydrogen) atoms. The molecule has 0 spiro atoms. The van der Waals surface area contributed by atoms with Crippen LogP contribution in [0.5, 0.6) is 0 Å². The summed E-state index contributed by atoms with van der Waals surface area (Å²) in [5.74, 6) is 0.513. The van der Waals surface area contributed by atoms with E-state index in [0.29, 0.717) is 11.7 Å². The number of amides is 1. The zero-order valence-electron chi connectivity index (χ0n) is 18.1. The molecule has 8 nitrogen and oxygen atoms in total. The minimum Gasteiger partial charge on any atom is -0.367 e. The Morgan fingerprint density at radius 2 is 1.63 bits per heavy atom. The van der Waals surface area contributed by atoms with Crippen molar-refractivity contribution in [1.82, 2.24) is 9.97 Å². The maximum atomic E-state index is 12.5. The number of aryl methyl sites for hydroxylation is 2. The Hall–Kier alpha value is -3.13. The molecule has 1 aromatic carbocycles. The summed E-state index contributed by atoms with van der Waals surface area (Å²) in [5, 5.41) is 6.36. The van der Waals surface area contributed by atoms with E-state index in [0.717, 1.165) is 29.9 Å². The molecule has 1 fully saturated rings. The fourth-order valence-corrected chi connectivity index (χ4v) is 3.16. The number of carbonyl (C=O) groups is 3. The van der Waals surface area contributed by atoms with Gasteiger partial charge in [-0.1, -0.05) is 37.0 Å². The number of nitrogens with one attached hydrogen (secondary N) is 2. The Morgan fingerprint density at radius 1 is 1.00 bits per heavy atom. The van der Waals surface area contributed by atoms with Crippen molar-refractivity contribution in [2.24, 2.45) is 5.73 Å². The average molecular weight is 416 g/mol. The number of aromatic nitrogens is 2. The zero-order valence-corrected chi connectivity index (χ0v) is 18.1. The fraction of sp³-hybridized carbons (Fsp3) is 0.409. The number of hydrogen-bond donors (Lipinski definition) is 3. The van der Waals surface area contributed by atoms with Crippen molar-refractivity contribution < 1.29 is 14.4 Å². The summed E-state index contributed by atoms with van der Waals surface area (Å²) in [5.41, 5.74) is 7.90. The number of anilines is 2. The average Bonchev–Trinajstić information content (AvgIpc) is 2.80. The lowest BCUT2D eigenvalue weighted by atomic mass is 9.95. The van der Waals surface area contributed by atoms with E-state index in [1.165, 1.54) is 38.2 Å². The van der Waals surface area contributed by atoms with Gasteiger partial charge in [0.2, 0.25) is 0 Å². The lowest BCUT2D eigenvalue weighted by Gasteiger charge is -2.23. The largest absolute Gasteiger partial charge is 0.367 e. The second-order valence-electron chi connectivity index (χ2n) is 6.54. The van der Waals surface area contributed by atoms with E-state index in [1.807, 2.05) is 45.6 Å². The van der Waals surface area contributed by atoms with Crippen LogP contribution in [0.25, 0.3) is 0 Å². The molecule has 0 atom stereocenters. The molecule has 1 aromatic heterocycles. The molecule has 0 radical (unpaired) electrons. The highest BCUT2D eigenvalue weighted by atomic mass is 16.1. The molecule has 1 aliphatic carbocycles. The second kappa shape index (κ2) is 15.8. The highest BCUT2D eigenvalue weighted by Gasteiger charge is 2.15. The van der Waals surface area contributed by atoms with Crippen LogP contribution in [0.2, 0.25) is 0 Å². The molecule has 0 bridgehead atoms.